The van der Waals surface area contributed by atoms with Crippen molar-refractivity contribution in [3.05, 3.63) is 88.0 Å². The monoisotopic (exact) mass is 530 g/mol. The number of fused-ring (bicyclic) bond motifs is 1. The molecule has 0 radical (unpaired) electrons. The van der Waals surface area contributed by atoms with Crippen molar-refractivity contribution in [2.75, 3.05) is 19.7 Å². The number of rotatable bonds is 8. The third-order valence-electron chi connectivity index (χ3n) is 6.90. The van der Waals surface area contributed by atoms with E-state index in [0.29, 0.717) is 25.1 Å². The molecule has 0 spiro atoms. The van der Waals surface area contributed by atoms with E-state index in [4.69, 9.17) is 4.74 Å². The molecule has 9 heteroatoms. The second kappa shape index (κ2) is 11.6. The van der Waals surface area contributed by atoms with Gasteiger partial charge in [0.2, 0.25) is 5.91 Å². The second-order valence-corrected chi connectivity index (χ2v) is 10.2. The van der Waals surface area contributed by atoms with Crippen LogP contribution in [0, 0.1) is 0 Å². The van der Waals surface area contributed by atoms with Gasteiger partial charge in [0.15, 0.2) is 6.04 Å². The van der Waals surface area contributed by atoms with Crippen molar-refractivity contribution >= 4 is 40.0 Å². The number of amides is 2. The predicted octanol–water partition coefficient (Wildman–Crippen LogP) is 4.61. The number of nitrogens with one attached hydrogen (secondary N) is 2. The van der Waals surface area contributed by atoms with E-state index in [9.17, 15) is 14.4 Å². The molecule has 2 aromatic carbocycles. The van der Waals surface area contributed by atoms with Crippen LogP contribution in [0.1, 0.15) is 58.3 Å². The van der Waals surface area contributed by atoms with E-state index in [1.807, 2.05) is 53.6 Å². The van der Waals surface area contributed by atoms with Gasteiger partial charge >= 0.3 is 5.97 Å². The summed E-state index contributed by atoms with van der Waals surface area (Å²) in [5, 5.41) is 6.48. The van der Waals surface area contributed by atoms with Crippen molar-refractivity contribution in [1.82, 2.24) is 20.2 Å². The summed E-state index contributed by atoms with van der Waals surface area (Å²) < 4.78 is 5.17. The molecule has 3 heterocycles. The van der Waals surface area contributed by atoms with Gasteiger partial charge in [-0.25, -0.2) is 9.78 Å². The van der Waals surface area contributed by atoms with Gasteiger partial charge in [0.05, 0.1) is 18.0 Å². The molecule has 1 atom stereocenters. The number of hydrogen-bond acceptors (Lipinski definition) is 6. The Bertz CT molecular complexity index is 1420. The Morgan fingerprint density at radius 2 is 1.84 bits per heavy atom. The first-order chi connectivity index (χ1) is 18.5. The van der Waals surface area contributed by atoms with Gasteiger partial charge in [-0.15, -0.1) is 11.3 Å². The van der Waals surface area contributed by atoms with Gasteiger partial charge in [0, 0.05) is 41.5 Å². The number of aromatic nitrogens is 2. The number of carbonyl (C=O) groups excluding carboxylic acids is 3. The number of nitrogens with zero attached hydrogens (tertiary/aromatic N) is 2. The van der Waals surface area contributed by atoms with Gasteiger partial charge in [-0.1, -0.05) is 48.5 Å². The molecule has 2 amide bonds. The van der Waals surface area contributed by atoms with Crippen LogP contribution in [0.15, 0.2) is 66.2 Å². The first-order valence-corrected chi connectivity index (χ1v) is 13.7. The number of ether oxygens (including phenoxy) is 1. The van der Waals surface area contributed by atoms with Crippen molar-refractivity contribution in [1.29, 1.82) is 0 Å². The minimum atomic E-state index is -0.903. The van der Waals surface area contributed by atoms with E-state index in [-0.39, 0.29) is 24.1 Å². The molecule has 1 aliphatic heterocycles. The minimum Gasteiger partial charge on any atom is -0.464 e. The molecular weight excluding hydrogens is 500 g/mol. The third kappa shape index (κ3) is 5.62. The van der Waals surface area contributed by atoms with Crippen LogP contribution in [-0.4, -0.2) is 52.3 Å². The molecule has 8 nitrogen and oxygen atoms in total. The highest BCUT2D eigenvalue weighted by Gasteiger charge is 2.29. The number of carbonyl (C=O) groups is 3. The Morgan fingerprint density at radius 1 is 1.11 bits per heavy atom. The molecule has 5 rings (SSSR count). The fraction of sp³-hybridized carbons (Fsp3) is 0.310. The van der Waals surface area contributed by atoms with E-state index >= 15 is 0 Å². The van der Waals surface area contributed by atoms with Crippen LogP contribution in [0.2, 0.25) is 0 Å². The van der Waals surface area contributed by atoms with Crippen molar-refractivity contribution in [3.63, 3.8) is 0 Å². The summed E-state index contributed by atoms with van der Waals surface area (Å²) in [6.45, 7) is 3.27. The Kier molecular flexibility index (Phi) is 7.83. The van der Waals surface area contributed by atoms with Crippen LogP contribution >= 0.6 is 11.3 Å². The summed E-state index contributed by atoms with van der Waals surface area (Å²) in [4.78, 5) is 48.2. The summed E-state index contributed by atoms with van der Waals surface area (Å²) in [6, 6.07) is 16.1. The van der Waals surface area contributed by atoms with Gasteiger partial charge in [0.1, 0.15) is 5.69 Å². The lowest BCUT2D eigenvalue weighted by molar-refractivity contribution is -0.145. The maximum Gasteiger partial charge on any atom is 0.333 e. The van der Waals surface area contributed by atoms with Crippen molar-refractivity contribution in [2.24, 2.45) is 0 Å². The van der Waals surface area contributed by atoms with Crippen molar-refractivity contribution in [3.8, 4) is 0 Å². The summed E-state index contributed by atoms with van der Waals surface area (Å²) >= 11 is 1.45. The number of para-hydroxylation sites is 1. The first-order valence-electron chi connectivity index (χ1n) is 12.8. The Labute approximate surface area is 225 Å². The Morgan fingerprint density at radius 3 is 2.61 bits per heavy atom. The van der Waals surface area contributed by atoms with E-state index in [0.717, 1.165) is 34.3 Å². The number of piperidine rings is 1. The quantitative estimate of drug-likeness (QED) is 0.324. The summed E-state index contributed by atoms with van der Waals surface area (Å²) in [5.41, 5.74) is 2.99. The number of H-pyrrole nitrogens is 1. The number of hydrogen-bond donors (Lipinski definition) is 2. The van der Waals surface area contributed by atoms with E-state index < -0.39 is 17.9 Å². The van der Waals surface area contributed by atoms with Crippen LogP contribution in [0.4, 0.5) is 0 Å². The maximum atomic E-state index is 13.0. The molecule has 1 saturated heterocycles. The summed E-state index contributed by atoms with van der Waals surface area (Å²) in [7, 11) is 0. The van der Waals surface area contributed by atoms with Crippen molar-refractivity contribution in [2.45, 2.75) is 38.1 Å². The van der Waals surface area contributed by atoms with Gasteiger partial charge in [-0.2, -0.15) is 0 Å². The van der Waals surface area contributed by atoms with E-state index in [1.54, 1.807) is 24.4 Å². The Hall–Kier alpha value is -3.98. The highest BCUT2D eigenvalue weighted by molar-refractivity contribution is 7.09. The van der Waals surface area contributed by atoms with Gasteiger partial charge in [-0.05, 0) is 37.0 Å². The molecular formula is C29H30N4O4S. The van der Waals surface area contributed by atoms with Crippen LogP contribution in [-0.2, 0) is 20.7 Å². The van der Waals surface area contributed by atoms with Crippen LogP contribution in [0.3, 0.4) is 0 Å². The normalized spacial score (nSPS) is 14.8. The fourth-order valence-corrected chi connectivity index (χ4v) is 5.83. The molecule has 2 aromatic heterocycles. The topological polar surface area (TPSA) is 104 Å². The number of aromatic amines is 1. The van der Waals surface area contributed by atoms with E-state index in [2.05, 4.69) is 15.3 Å². The number of likely N-dealkylation sites (tertiary alicyclic amines) is 1. The van der Waals surface area contributed by atoms with Gasteiger partial charge in [-0.3, -0.25) is 9.59 Å². The van der Waals surface area contributed by atoms with Crippen molar-refractivity contribution < 1.29 is 19.1 Å². The molecule has 0 bridgehead atoms. The zero-order chi connectivity index (χ0) is 26.5. The summed E-state index contributed by atoms with van der Waals surface area (Å²) in [5.74, 6) is -0.611. The highest BCUT2D eigenvalue weighted by Crippen LogP contribution is 2.31. The lowest BCUT2D eigenvalue weighted by Gasteiger charge is -2.31. The molecule has 4 aromatic rings. The molecule has 1 aliphatic rings. The predicted molar refractivity (Wildman–Crippen MR) is 146 cm³/mol. The maximum absolute atomic E-state index is 13.0. The van der Waals surface area contributed by atoms with Gasteiger partial charge < -0.3 is 19.9 Å². The molecule has 2 N–H and O–H groups in total. The lowest BCUT2D eigenvalue weighted by atomic mass is 9.97. The Balaban J connectivity index is 1.18. The van der Waals surface area contributed by atoms with Crippen LogP contribution in [0.5, 0.6) is 0 Å². The number of esters is 1. The molecule has 196 valence electrons. The lowest BCUT2D eigenvalue weighted by Crippen LogP contribution is -2.38. The van der Waals surface area contributed by atoms with Crippen LogP contribution in [0.25, 0.3) is 10.9 Å². The summed E-state index contributed by atoms with van der Waals surface area (Å²) in [6.07, 6.45) is 3.88. The average molecular weight is 531 g/mol. The van der Waals surface area contributed by atoms with Gasteiger partial charge in [0.25, 0.3) is 5.91 Å². The molecule has 0 saturated carbocycles. The third-order valence-corrected chi connectivity index (χ3v) is 7.91. The standard InChI is InChI=1S/C29H30N4O4S/c1-2-37-29(36)26(19-8-4-3-5-9-19)32-27(35)24-18-38-28(31-24)20-12-14-33(15-13-20)25(34)16-21-17-30-23-11-7-6-10-22(21)23/h3-11,17-18,20,26,30H,2,12-16H2,1H3,(H,32,35). The zero-order valence-corrected chi connectivity index (χ0v) is 22.0. The molecule has 38 heavy (non-hydrogen) atoms. The number of thiazole rings is 1. The average Bonchev–Trinajstić information content (AvgIpc) is 3.60. The zero-order valence-electron chi connectivity index (χ0n) is 21.2. The smallest absolute Gasteiger partial charge is 0.333 e. The highest BCUT2D eigenvalue weighted by atomic mass is 32.1. The molecule has 1 fully saturated rings. The minimum absolute atomic E-state index is 0.123. The van der Waals surface area contributed by atoms with E-state index in [1.165, 1.54) is 11.3 Å². The fourth-order valence-electron chi connectivity index (χ4n) is 4.86. The SMILES string of the molecule is CCOC(=O)C(NC(=O)c1csc(C2CCN(C(=O)Cc3c[nH]c4ccccc34)CC2)n1)c1ccccc1. The largest absolute Gasteiger partial charge is 0.464 e. The second-order valence-electron chi connectivity index (χ2n) is 9.33. The van der Waals surface area contributed by atoms with Crippen LogP contribution < -0.4 is 5.32 Å². The molecule has 1 unspecified atom stereocenters. The molecule has 0 aliphatic carbocycles. The first kappa shape index (κ1) is 25.7. The number of benzene rings is 2.